The largest absolute Gasteiger partial charge is 0.547 e. The zero-order valence-corrected chi connectivity index (χ0v) is 21.9. The van der Waals surface area contributed by atoms with E-state index in [2.05, 4.69) is 28.0 Å². The molecule has 11 heteroatoms. The fourth-order valence-corrected chi connectivity index (χ4v) is 5.42. The van der Waals surface area contributed by atoms with E-state index in [0.29, 0.717) is 29.1 Å². The van der Waals surface area contributed by atoms with Crippen molar-refractivity contribution in [1.29, 1.82) is 0 Å². The van der Waals surface area contributed by atoms with Crippen LogP contribution in [0.15, 0.2) is 18.2 Å². The molecule has 2 aromatic heterocycles. The Bertz CT molecular complexity index is 1200. The zero-order chi connectivity index (χ0) is 24.8. The van der Waals surface area contributed by atoms with Gasteiger partial charge in [0.1, 0.15) is 16.7 Å². The molecule has 1 saturated heterocycles. The van der Waals surface area contributed by atoms with E-state index < -0.39 is 26.7 Å². The van der Waals surface area contributed by atoms with Gasteiger partial charge in [0.05, 0.1) is 23.7 Å². The van der Waals surface area contributed by atoms with Crippen LogP contribution in [0.25, 0.3) is 17.0 Å². The minimum Gasteiger partial charge on any atom is -0.547 e. The van der Waals surface area contributed by atoms with E-state index in [1.54, 1.807) is 12.1 Å². The molecule has 1 aromatic carbocycles. The highest BCUT2D eigenvalue weighted by Gasteiger charge is 2.31. The molecular weight excluding hydrogens is 480 g/mol. The SMILES string of the molecule is C[SiH](C)Oc1ccc2c(nc(C(F)F)n2-c2nc(Cl)cc(N3CCCC3CO)n2)c1C(C)(C)C. The number of benzene rings is 1. The van der Waals surface area contributed by atoms with Gasteiger partial charge in [0, 0.05) is 18.2 Å². The van der Waals surface area contributed by atoms with E-state index in [9.17, 15) is 13.9 Å². The minimum absolute atomic E-state index is 0.0237. The molecule has 0 amide bonds. The summed E-state index contributed by atoms with van der Waals surface area (Å²) >= 11 is 6.33. The number of aliphatic hydroxyl groups is 1. The Morgan fingerprint density at radius 1 is 1.24 bits per heavy atom. The number of hydrogen-bond donors (Lipinski definition) is 1. The van der Waals surface area contributed by atoms with Crippen LogP contribution in [-0.2, 0) is 5.41 Å². The molecule has 0 radical (unpaired) electrons. The summed E-state index contributed by atoms with van der Waals surface area (Å²) in [6, 6.07) is 5.04. The molecule has 34 heavy (non-hydrogen) atoms. The Kier molecular flexibility index (Phi) is 6.85. The number of anilines is 1. The number of aromatic nitrogens is 4. The van der Waals surface area contributed by atoms with Crippen LogP contribution in [0, 0.1) is 0 Å². The summed E-state index contributed by atoms with van der Waals surface area (Å²) in [7, 11) is -1.45. The molecule has 3 aromatic rings. The van der Waals surface area contributed by atoms with Gasteiger partial charge in [-0.1, -0.05) is 32.4 Å². The highest BCUT2D eigenvalue weighted by molar-refractivity contribution is 6.49. The lowest BCUT2D eigenvalue weighted by Crippen LogP contribution is -2.33. The Labute approximate surface area is 204 Å². The molecule has 1 atom stereocenters. The van der Waals surface area contributed by atoms with Gasteiger partial charge in [-0.15, -0.1) is 0 Å². The van der Waals surface area contributed by atoms with Gasteiger partial charge in [0.15, 0.2) is 5.82 Å². The van der Waals surface area contributed by atoms with E-state index in [1.165, 1.54) is 4.57 Å². The first-order chi connectivity index (χ1) is 16.0. The van der Waals surface area contributed by atoms with Crippen LogP contribution in [-0.4, -0.2) is 52.9 Å². The summed E-state index contributed by atoms with van der Waals surface area (Å²) in [6.07, 6.45) is -1.14. The molecule has 0 spiro atoms. The summed E-state index contributed by atoms with van der Waals surface area (Å²) < 4.78 is 36.0. The first-order valence-electron chi connectivity index (χ1n) is 11.4. The fraction of sp³-hybridized carbons (Fsp3) is 0.522. The Morgan fingerprint density at radius 3 is 2.59 bits per heavy atom. The van der Waals surface area contributed by atoms with Crippen molar-refractivity contribution in [2.24, 2.45) is 0 Å². The van der Waals surface area contributed by atoms with E-state index in [4.69, 9.17) is 16.0 Å². The number of rotatable bonds is 6. The molecule has 7 nitrogen and oxygen atoms in total. The molecule has 0 saturated carbocycles. The molecule has 184 valence electrons. The third-order valence-electron chi connectivity index (χ3n) is 5.87. The van der Waals surface area contributed by atoms with Crippen LogP contribution in [0.3, 0.4) is 0 Å². The van der Waals surface area contributed by atoms with Gasteiger partial charge in [0.25, 0.3) is 6.43 Å². The third-order valence-corrected chi connectivity index (χ3v) is 6.79. The van der Waals surface area contributed by atoms with Crippen molar-refractivity contribution in [1.82, 2.24) is 19.5 Å². The van der Waals surface area contributed by atoms with Gasteiger partial charge < -0.3 is 14.4 Å². The number of alkyl halides is 2. The van der Waals surface area contributed by atoms with Gasteiger partial charge >= 0.3 is 0 Å². The second-order valence-electron chi connectivity index (χ2n) is 9.85. The molecule has 1 fully saturated rings. The first kappa shape index (κ1) is 24.8. The Morgan fingerprint density at radius 2 is 1.97 bits per heavy atom. The van der Waals surface area contributed by atoms with Gasteiger partial charge in [-0.3, -0.25) is 4.57 Å². The molecule has 1 N–H and O–H groups in total. The first-order valence-corrected chi connectivity index (χ1v) is 14.6. The monoisotopic (exact) mass is 509 g/mol. The second kappa shape index (κ2) is 9.39. The number of nitrogens with zero attached hydrogens (tertiary/aromatic N) is 5. The topological polar surface area (TPSA) is 76.3 Å². The van der Waals surface area contributed by atoms with Gasteiger partial charge in [0.2, 0.25) is 15.0 Å². The van der Waals surface area contributed by atoms with E-state index in [-0.39, 0.29) is 23.8 Å². The average Bonchev–Trinajstić information content (AvgIpc) is 3.36. The van der Waals surface area contributed by atoms with Crippen molar-refractivity contribution >= 4 is 37.5 Å². The maximum Gasteiger partial charge on any atom is 0.296 e. The fourth-order valence-electron chi connectivity index (χ4n) is 4.55. The van der Waals surface area contributed by atoms with E-state index in [1.807, 2.05) is 31.7 Å². The van der Waals surface area contributed by atoms with Crippen LogP contribution in [0.2, 0.25) is 18.2 Å². The van der Waals surface area contributed by atoms with Gasteiger partial charge in [-0.05, 0) is 43.5 Å². The molecule has 0 bridgehead atoms. The lowest BCUT2D eigenvalue weighted by atomic mass is 9.85. The normalized spacial score (nSPS) is 16.9. The quantitative estimate of drug-likeness (QED) is 0.371. The van der Waals surface area contributed by atoms with Crippen LogP contribution < -0.4 is 9.33 Å². The van der Waals surface area contributed by atoms with Crippen molar-refractivity contribution < 1.29 is 18.3 Å². The van der Waals surface area contributed by atoms with Crippen molar-refractivity contribution in [3.8, 4) is 11.7 Å². The predicted octanol–water partition coefficient (Wildman–Crippen LogP) is 5.03. The summed E-state index contributed by atoms with van der Waals surface area (Å²) in [5, 5.41) is 9.86. The van der Waals surface area contributed by atoms with Crippen molar-refractivity contribution in [3.05, 3.63) is 34.7 Å². The van der Waals surface area contributed by atoms with E-state index in [0.717, 1.165) is 18.4 Å². The molecule has 1 aliphatic heterocycles. The highest BCUT2D eigenvalue weighted by atomic mass is 35.5. The lowest BCUT2D eigenvalue weighted by Gasteiger charge is -2.25. The number of hydrogen-bond acceptors (Lipinski definition) is 6. The molecule has 0 aliphatic carbocycles. The van der Waals surface area contributed by atoms with Crippen molar-refractivity contribution in [3.63, 3.8) is 0 Å². The minimum atomic E-state index is -2.85. The standard InChI is InChI=1S/C23H30ClF2N5O2Si/c1-23(2,3)18-15(33-34(4)5)9-8-14-19(18)29-21(20(25)26)31(14)22-27-16(24)11-17(28-22)30-10-6-7-13(30)12-32/h8-9,11,13,20,32,34H,6-7,10,12H2,1-5H3. The van der Waals surface area contributed by atoms with Crippen LogP contribution >= 0.6 is 11.6 Å². The average molecular weight is 510 g/mol. The van der Waals surface area contributed by atoms with Crippen LogP contribution in [0.5, 0.6) is 5.75 Å². The maximum atomic E-state index is 14.3. The second-order valence-corrected chi connectivity index (χ2v) is 12.6. The number of imidazole rings is 1. The molecule has 3 heterocycles. The number of halogens is 3. The Hall–Kier alpha value is -2.30. The smallest absolute Gasteiger partial charge is 0.296 e. The van der Waals surface area contributed by atoms with Gasteiger partial charge in [-0.25, -0.2) is 18.7 Å². The van der Waals surface area contributed by atoms with Crippen LogP contribution in [0.4, 0.5) is 14.6 Å². The third kappa shape index (κ3) is 4.63. The summed E-state index contributed by atoms with van der Waals surface area (Å²) in [5.74, 6) is 0.738. The predicted molar refractivity (Wildman–Crippen MR) is 132 cm³/mol. The van der Waals surface area contributed by atoms with Gasteiger partial charge in [-0.2, -0.15) is 4.98 Å². The summed E-state index contributed by atoms with van der Waals surface area (Å²) in [6.45, 7) is 10.8. The number of fused-ring (bicyclic) bond motifs is 1. The van der Waals surface area contributed by atoms with E-state index >= 15 is 0 Å². The molecule has 1 unspecified atom stereocenters. The zero-order valence-electron chi connectivity index (χ0n) is 20.0. The van der Waals surface area contributed by atoms with Crippen molar-refractivity contribution in [2.75, 3.05) is 18.1 Å². The molecular formula is C23H30ClF2N5O2Si. The highest BCUT2D eigenvalue weighted by Crippen LogP contribution is 2.40. The van der Waals surface area contributed by atoms with Crippen molar-refractivity contribution in [2.45, 2.75) is 64.6 Å². The molecule has 4 rings (SSSR count). The molecule has 1 aliphatic rings. The summed E-state index contributed by atoms with van der Waals surface area (Å²) in [4.78, 5) is 15.2. The maximum absolute atomic E-state index is 14.3. The summed E-state index contributed by atoms with van der Waals surface area (Å²) in [5.41, 5.74) is 1.27. The Balaban J connectivity index is 1.97. The lowest BCUT2D eigenvalue weighted by molar-refractivity contribution is 0.138. The number of aliphatic hydroxyl groups excluding tert-OH is 1. The van der Waals surface area contributed by atoms with Crippen LogP contribution in [0.1, 0.15) is 51.4 Å².